The molecule has 0 aliphatic rings. The van der Waals surface area contributed by atoms with Crippen LogP contribution in [-0.4, -0.2) is 9.04 Å². The predicted molar refractivity (Wildman–Crippen MR) is 75.2 cm³/mol. The van der Waals surface area contributed by atoms with Gasteiger partial charge >= 0.3 is 0 Å². The van der Waals surface area contributed by atoms with Gasteiger partial charge in [0.25, 0.3) is 9.04 Å². The molecule has 0 unspecified atom stereocenters. The third kappa shape index (κ3) is 3.08. The molecule has 0 aliphatic heterocycles. The third-order valence-electron chi connectivity index (χ3n) is 2.52. The lowest BCUT2D eigenvalue weighted by molar-refractivity contribution is 0.455. The Morgan fingerprint density at radius 2 is 1.29 bits per heavy atom. The van der Waals surface area contributed by atoms with E-state index in [0.717, 1.165) is 5.76 Å². The Hall–Kier alpha value is -1.80. The van der Waals surface area contributed by atoms with Crippen LogP contribution in [0.3, 0.4) is 0 Å². The first-order valence-electron chi connectivity index (χ1n) is 5.69. The van der Waals surface area contributed by atoms with Gasteiger partial charge in [0, 0.05) is 0 Å². The maximum absolute atomic E-state index is 5.97. The summed E-state index contributed by atoms with van der Waals surface area (Å²) in [5, 5.41) is 2.56. The SMILES string of the molecule is C=C(C)O[SiH](c1ccccc1)c1ccccc1. The van der Waals surface area contributed by atoms with Crippen molar-refractivity contribution in [2.24, 2.45) is 0 Å². The van der Waals surface area contributed by atoms with E-state index in [9.17, 15) is 0 Å². The second-order valence-corrected chi connectivity index (χ2v) is 6.35. The van der Waals surface area contributed by atoms with Crippen LogP contribution >= 0.6 is 0 Å². The largest absolute Gasteiger partial charge is 0.541 e. The fourth-order valence-electron chi connectivity index (χ4n) is 1.79. The van der Waals surface area contributed by atoms with E-state index in [4.69, 9.17) is 4.43 Å². The lowest BCUT2D eigenvalue weighted by Gasteiger charge is -2.18. The first-order valence-corrected chi connectivity index (χ1v) is 7.32. The highest BCUT2D eigenvalue weighted by molar-refractivity contribution is 6.80. The van der Waals surface area contributed by atoms with Crippen molar-refractivity contribution >= 4 is 19.4 Å². The van der Waals surface area contributed by atoms with E-state index < -0.39 is 9.04 Å². The molecule has 0 N–H and O–H groups in total. The van der Waals surface area contributed by atoms with Crippen molar-refractivity contribution < 1.29 is 4.43 Å². The molecule has 0 spiro atoms. The number of allylic oxidation sites excluding steroid dienone is 1. The van der Waals surface area contributed by atoms with Crippen LogP contribution in [-0.2, 0) is 4.43 Å². The highest BCUT2D eigenvalue weighted by Gasteiger charge is 2.18. The van der Waals surface area contributed by atoms with Gasteiger partial charge in [-0.05, 0) is 17.3 Å². The molecule has 0 saturated carbocycles. The number of hydrogen-bond acceptors (Lipinski definition) is 1. The lowest BCUT2D eigenvalue weighted by Crippen LogP contribution is -2.44. The molecular weight excluding hydrogens is 224 g/mol. The van der Waals surface area contributed by atoms with Crippen molar-refractivity contribution in [3.8, 4) is 0 Å². The van der Waals surface area contributed by atoms with Gasteiger partial charge in [-0.2, -0.15) is 0 Å². The maximum atomic E-state index is 5.97. The standard InChI is InChI=1S/C15H16OSi/c1-13(2)16-17(14-9-5-3-6-10-14)15-11-7-4-8-12-15/h3-12,17H,1H2,2H3. The summed E-state index contributed by atoms with van der Waals surface area (Å²) in [4.78, 5) is 0. The summed E-state index contributed by atoms with van der Waals surface area (Å²) >= 11 is 0. The van der Waals surface area contributed by atoms with Gasteiger partial charge in [-0.15, -0.1) is 0 Å². The molecule has 0 heterocycles. The molecule has 0 bridgehead atoms. The maximum Gasteiger partial charge on any atom is 0.298 e. The zero-order chi connectivity index (χ0) is 12.1. The Bertz CT molecular complexity index is 439. The van der Waals surface area contributed by atoms with Gasteiger partial charge in [-0.3, -0.25) is 0 Å². The quantitative estimate of drug-likeness (QED) is 0.587. The fourth-order valence-corrected chi connectivity index (χ4v) is 3.99. The van der Waals surface area contributed by atoms with E-state index in [1.165, 1.54) is 10.4 Å². The zero-order valence-electron chi connectivity index (χ0n) is 9.97. The number of rotatable bonds is 4. The summed E-state index contributed by atoms with van der Waals surface area (Å²) < 4.78 is 5.97. The molecule has 0 atom stereocenters. The van der Waals surface area contributed by atoms with Crippen LogP contribution in [0.2, 0.25) is 0 Å². The Balaban J connectivity index is 2.36. The Morgan fingerprint density at radius 3 is 1.65 bits per heavy atom. The first kappa shape index (κ1) is 11.7. The van der Waals surface area contributed by atoms with Crippen LogP contribution < -0.4 is 10.4 Å². The molecule has 0 radical (unpaired) electrons. The molecule has 86 valence electrons. The first-order chi connectivity index (χ1) is 8.27. The van der Waals surface area contributed by atoms with Gasteiger partial charge in [-0.1, -0.05) is 67.2 Å². The molecular formula is C15H16OSi. The van der Waals surface area contributed by atoms with E-state index >= 15 is 0 Å². The van der Waals surface area contributed by atoms with E-state index in [0.29, 0.717) is 0 Å². The molecule has 2 rings (SSSR count). The van der Waals surface area contributed by atoms with Gasteiger partial charge < -0.3 is 4.43 Å². The molecule has 2 aromatic carbocycles. The fraction of sp³-hybridized carbons (Fsp3) is 0.0667. The topological polar surface area (TPSA) is 9.23 Å². The average Bonchev–Trinajstić information content (AvgIpc) is 2.38. The van der Waals surface area contributed by atoms with Crippen LogP contribution in [0.25, 0.3) is 0 Å². The Kier molecular flexibility index (Phi) is 3.78. The molecule has 17 heavy (non-hydrogen) atoms. The van der Waals surface area contributed by atoms with Crippen molar-refractivity contribution in [2.75, 3.05) is 0 Å². The van der Waals surface area contributed by atoms with E-state index in [2.05, 4.69) is 55.1 Å². The molecule has 0 fully saturated rings. The number of hydrogen-bond donors (Lipinski definition) is 0. The molecule has 1 nitrogen and oxygen atoms in total. The molecule has 0 aromatic heterocycles. The van der Waals surface area contributed by atoms with Gasteiger partial charge in [0.1, 0.15) is 0 Å². The molecule has 0 aliphatic carbocycles. The Labute approximate surface area is 104 Å². The van der Waals surface area contributed by atoms with Crippen molar-refractivity contribution in [1.29, 1.82) is 0 Å². The van der Waals surface area contributed by atoms with Crippen molar-refractivity contribution in [2.45, 2.75) is 6.92 Å². The van der Waals surface area contributed by atoms with Gasteiger partial charge in [-0.25, -0.2) is 0 Å². The predicted octanol–water partition coefficient (Wildman–Crippen LogP) is 2.07. The summed E-state index contributed by atoms with van der Waals surface area (Å²) in [5.41, 5.74) is 0. The van der Waals surface area contributed by atoms with Crippen molar-refractivity contribution in [3.63, 3.8) is 0 Å². The molecule has 0 amide bonds. The monoisotopic (exact) mass is 240 g/mol. The number of benzene rings is 2. The zero-order valence-corrected chi connectivity index (χ0v) is 11.1. The minimum atomic E-state index is -1.61. The van der Waals surface area contributed by atoms with E-state index in [-0.39, 0.29) is 0 Å². The smallest absolute Gasteiger partial charge is 0.298 e. The second kappa shape index (κ2) is 5.50. The van der Waals surface area contributed by atoms with Crippen LogP contribution in [0.1, 0.15) is 6.92 Å². The average molecular weight is 240 g/mol. The Morgan fingerprint density at radius 1 is 0.882 bits per heavy atom. The van der Waals surface area contributed by atoms with Gasteiger partial charge in [0.05, 0.1) is 5.76 Å². The summed E-state index contributed by atoms with van der Waals surface area (Å²) in [6, 6.07) is 20.8. The lowest BCUT2D eigenvalue weighted by atomic mass is 10.4. The van der Waals surface area contributed by atoms with Crippen molar-refractivity contribution in [1.82, 2.24) is 0 Å². The molecule has 2 heteroatoms. The summed E-state index contributed by atoms with van der Waals surface area (Å²) in [6.45, 7) is 5.77. The molecule has 0 saturated heterocycles. The highest BCUT2D eigenvalue weighted by atomic mass is 28.3. The summed E-state index contributed by atoms with van der Waals surface area (Å²) in [5.74, 6) is 0.786. The highest BCUT2D eigenvalue weighted by Crippen LogP contribution is 1.99. The minimum absolute atomic E-state index is 0.786. The van der Waals surface area contributed by atoms with Gasteiger partial charge in [0.2, 0.25) is 0 Å². The third-order valence-corrected chi connectivity index (χ3v) is 5.14. The van der Waals surface area contributed by atoms with E-state index in [1.54, 1.807) is 0 Å². The molecule has 2 aromatic rings. The van der Waals surface area contributed by atoms with Gasteiger partial charge in [0.15, 0.2) is 0 Å². The van der Waals surface area contributed by atoms with E-state index in [1.807, 2.05) is 19.1 Å². The van der Waals surface area contributed by atoms with Crippen LogP contribution in [0.4, 0.5) is 0 Å². The van der Waals surface area contributed by atoms with Crippen LogP contribution in [0.5, 0.6) is 0 Å². The van der Waals surface area contributed by atoms with Crippen LogP contribution in [0.15, 0.2) is 73.0 Å². The van der Waals surface area contributed by atoms with Crippen LogP contribution in [0, 0.1) is 0 Å². The van der Waals surface area contributed by atoms with Crippen molar-refractivity contribution in [3.05, 3.63) is 73.0 Å². The minimum Gasteiger partial charge on any atom is -0.541 e. The summed E-state index contributed by atoms with van der Waals surface area (Å²) in [7, 11) is -1.61. The summed E-state index contributed by atoms with van der Waals surface area (Å²) in [6.07, 6.45) is 0. The second-order valence-electron chi connectivity index (χ2n) is 4.02. The normalized spacial score (nSPS) is 10.2.